The maximum atomic E-state index is 12.7. The Morgan fingerprint density at radius 1 is 1.63 bits per heavy atom. The second kappa shape index (κ2) is 4.92. The van der Waals surface area contributed by atoms with Gasteiger partial charge >= 0.3 is 0 Å². The molecule has 104 valence electrons. The van der Waals surface area contributed by atoms with Gasteiger partial charge in [-0.2, -0.15) is 4.98 Å². The maximum Gasteiger partial charge on any atom is 0.228 e. The normalized spacial score (nSPS) is 31.7. The number of aromatic nitrogens is 2. The van der Waals surface area contributed by atoms with Crippen LogP contribution in [-0.2, 0) is 4.79 Å². The molecule has 1 amide bonds. The largest absolute Gasteiger partial charge is 0.346 e. The SMILES string of the molecule is CC(NC(=O)[C@@]12CCCC[C@H]1CNC2)c1ncon1. The van der Waals surface area contributed by atoms with Crippen LogP contribution in [0.3, 0.4) is 0 Å². The van der Waals surface area contributed by atoms with Gasteiger partial charge in [0.1, 0.15) is 0 Å². The lowest BCUT2D eigenvalue weighted by Crippen LogP contribution is -2.48. The van der Waals surface area contributed by atoms with E-state index in [4.69, 9.17) is 4.52 Å². The molecule has 2 aliphatic rings. The number of nitrogens with one attached hydrogen (secondary N) is 2. The van der Waals surface area contributed by atoms with Crippen molar-refractivity contribution in [2.24, 2.45) is 11.3 Å². The van der Waals surface area contributed by atoms with Crippen LogP contribution in [0.5, 0.6) is 0 Å². The fraction of sp³-hybridized carbons (Fsp3) is 0.769. The Morgan fingerprint density at radius 3 is 3.32 bits per heavy atom. The molecule has 3 atom stereocenters. The minimum absolute atomic E-state index is 0.138. The number of hydrogen-bond acceptors (Lipinski definition) is 5. The van der Waals surface area contributed by atoms with Crippen molar-refractivity contribution in [1.82, 2.24) is 20.8 Å². The minimum atomic E-state index is -0.226. The Labute approximate surface area is 112 Å². The van der Waals surface area contributed by atoms with E-state index in [9.17, 15) is 4.79 Å². The molecule has 1 aromatic heterocycles. The highest BCUT2D eigenvalue weighted by Crippen LogP contribution is 2.44. The van der Waals surface area contributed by atoms with Gasteiger partial charge in [0, 0.05) is 6.54 Å². The number of hydrogen-bond donors (Lipinski definition) is 2. The highest BCUT2D eigenvalue weighted by atomic mass is 16.5. The Hall–Kier alpha value is -1.43. The fourth-order valence-corrected chi connectivity index (χ4v) is 3.46. The molecule has 1 saturated heterocycles. The zero-order chi connectivity index (χ0) is 13.3. The van der Waals surface area contributed by atoms with E-state index in [1.807, 2.05) is 6.92 Å². The van der Waals surface area contributed by atoms with E-state index in [0.717, 1.165) is 32.4 Å². The molecule has 6 heteroatoms. The lowest BCUT2D eigenvalue weighted by molar-refractivity contribution is -0.134. The molecule has 0 spiro atoms. The summed E-state index contributed by atoms with van der Waals surface area (Å²) in [5.74, 6) is 1.14. The van der Waals surface area contributed by atoms with Gasteiger partial charge in [0.2, 0.25) is 12.3 Å². The van der Waals surface area contributed by atoms with Crippen molar-refractivity contribution in [3.8, 4) is 0 Å². The van der Waals surface area contributed by atoms with E-state index >= 15 is 0 Å². The van der Waals surface area contributed by atoms with Crippen molar-refractivity contribution < 1.29 is 9.32 Å². The predicted octanol–water partition coefficient (Wildman–Crippen LogP) is 1.03. The number of carbonyl (C=O) groups is 1. The molecule has 1 aliphatic heterocycles. The van der Waals surface area contributed by atoms with Crippen LogP contribution in [0.4, 0.5) is 0 Å². The van der Waals surface area contributed by atoms with Crippen molar-refractivity contribution in [2.45, 2.75) is 38.6 Å². The molecule has 1 aliphatic carbocycles. The van der Waals surface area contributed by atoms with E-state index < -0.39 is 0 Å². The van der Waals surface area contributed by atoms with Gasteiger partial charge in [0.15, 0.2) is 5.82 Å². The van der Waals surface area contributed by atoms with Crippen LogP contribution in [0.25, 0.3) is 0 Å². The fourth-order valence-electron chi connectivity index (χ4n) is 3.46. The van der Waals surface area contributed by atoms with Gasteiger partial charge < -0.3 is 15.2 Å². The number of amides is 1. The lowest BCUT2D eigenvalue weighted by atomic mass is 9.67. The quantitative estimate of drug-likeness (QED) is 0.852. The molecule has 1 saturated carbocycles. The second-order valence-electron chi connectivity index (χ2n) is 5.71. The summed E-state index contributed by atoms with van der Waals surface area (Å²) in [6, 6.07) is -0.205. The summed E-state index contributed by atoms with van der Waals surface area (Å²) in [4.78, 5) is 16.7. The third-order valence-corrected chi connectivity index (χ3v) is 4.60. The van der Waals surface area contributed by atoms with E-state index in [0.29, 0.717) is 11.7 Å². The zero-order valence-corrected chi connectivity index (χ0v) is 11.2. The monoisotopic (exact) mass is 264 g/mol. The number of fused-ring (bicyclic) bond motifs is 1. The lowest BCUT2D eigenvalue weighted by Gasteiger charge is -2.37. The number of nitrogens with zero attached hydrogens (tertiary/aromatic N) is 2. The summed E-state index contributed by atoms with van der Waals surface area (Å²) in [6.07, 6.45) is 5.80. The molecule has 2 fully saturated rings. The average molecular weight is 264 g/mol. The first kappa shape index (κ1) is 12.6. The van der Waals surface area contributed by atoms with Crippen LogP contribution in [0, 0.1) is 11.3 Å². The third-order valence-electron chi connectivity index (χ3n) is 4.60. The smallest absolute Gasteiger partial charge is 0.228 e. The molecule has 1 aromatic rings. The summed E-state index contributed by atoms with van der Waals surface area (Å²) in [5.41, 5.74) is -0.226. The molecule has 19 heavy (non-hydrogen) atoms. The van der Waals surface area contributed by atoms with Crippen molar-refractivity contribution in [3.63, 3.8) is 0 Å². The Kier molecular flexibility index (Phi) is 3.26. The van der Waals surface area contributed by atoms with Crippen LogP contribution in [0.15, 0.2) is 10.9 Å². The summed E-state index contributed by atoms with van der Waals surface area (Å²) in [7, 11) is 0. The first-order valence-corrected chi connectivity index (χ1v) is 7.00. The van der Waals surface area contributed by atoms with Gasteiger partial charge in [0.05, 0.1) is 11.5 Å². The van der Waals surface area contributed by atoms with Crippen LogP contribution in [0.1, 0.15) is 44.5 Å². The third kappa shape index (κ3) is 2.14. The molecule has 0 radical (unpaired) electrons. The van der Waals surface area contributed by atoms with Crippen LogP contribution in [-0.4, -0.2) is 29.1 Å². The standard InChI is InChI=1S/C13H20N4O2/c1-9(11-15-8-19-17-11)16-12(18)13-5-3-2-4-10(13)6-14-7-13/h8-10,14H,2-7H2,1H3,(H,16,18)/t9?,10-,13+/m0/s1. The summed E-state index contributed by atoms with van der Waals surface area (Å²) < 4.78 is 4.72. The van der Waals surface area contributed by atoms with Crippen LogP contribution in [0.2, 0.25) is 0 Å². The predicted molar refractivity (Wildman–Crippen MR) is 68.1 cm³/mol. The minimum Gasteiger partial charge on any atom is -0.346 e. The molecule has 0 bridgehead atoms. The zero-order valence-electron chi connectivity index (χ0n) is 11.2. The van der Waals surface area contributed by atoms with Gasteiger partial charge in [-0.3, -0.25) is 4.79 Å². The van der Waals surface area contributed by atoms with Gasteiger partial charge in [-0.05, 0) is 32.2 Å². The molecule has 2 heterocycles. The Bertz CT molecular complexity index is 448. The number of rotatable bonds is 3. The summed E-state index contributed by atoms with van der Waals surface area (Å²) in [6.45, 7) is 3.64. The highest BCUT2D eigenvalue weighted by Gasteiger charge is 2.50. The van der Waals surface area contributed by atoms with Crippen molar-refractivity contribution in [2.75, 3.05) is 13.1 Å². The maximum absolute atomic E-state index is 12.7. The topological polar surface area (TPSA) is 80.0 Å². The van der Waals surface area contributed by atoms with E-state index in [1.54, 1.807) is 0 Å². The molecule has 1 unspecified atom stereocenters. The van der Waals surface area contributed by atoms with Gasteiger partial charge in [-0.15, -0.1) is 0 Å². The van der Waals surface area contributed by atoms with Gasteiger partial charge in [-0.1, -0.05) is 18.0 Å². The molecule has 0 aromatic carbocycles. The van der Waals surface area contributed by atoms with E-state index in [1.165, 1.54) is 12.8 Å². The Morgan fingerprint density at radius 2 is 2.53 bits per heavy atom. The average Bonchev–Trinajstić information content (AvgIpc) is 3.08. The van der Waals surface area contributed by atoms with E-state index in [2.05, 4.69) is 20.8 Å². The van der Waals surface area contributed by atoms with Gasteiger partial charge in [0.25, 0.3) is 0 Å². The Balaban J connectivity index is 1.72. The summed E-state index contributed by atoms with van der Waals surface area (Å²) >= 11 is 0. The van der Waals surface area contributed by atoms with Gasteiger partial charge in [-0.25, -0.2) is 0 Å². The van der Waals surface area contributed by atoms with Crippen LogP contribution < -0.4 is 10.6 Å². The molecule has 6 nitrogen and oxygen atoms in total. The van der Waals surface area contributed by atoms with Crippen molar-refractivity contribution in [1.29, 1.82) is 0 Å². The molecule has 2 N–H and O–H groups in total. The number of carbonyl (C=O) groups excluding carboxylic acids is 1. The van der Waals surface area contributed by atoms with Crippen molar-refractivity contribution >= 4 is 5.91 Å². The first-order chi connectivity index (χ1) is 9.22. The highest BCUT2D eigenvalue weighted by molar-refractivity contribution is 5.84. The summed E-state index contributed by atoms with van der Waals surface area (Å²) in [5, 5.41) is 10.2. The molecular weight excluding hydrogens is 244 g/mol. The van der Waals surface area contributed by atoms with Crippen LogP contribution >= 0.6 is 0 Å². The first-order valence-electron chi connectivity index (χ1n) is 7.00. The molecular formula is C13H20N4O2. The van der Waals surface area contributed by atoms with Crippen molar-refractivity contribution in [3.05, 3.63) is 12.2 Å². The van der Waals surface area contributed by atoms with E-state index in [-0.39, 0.29) is 17.4 Å². The molecule has 3 rings (SSSR count). The second-order valence-corrected chi connectivity index (χ2v) is 5.71.